The van der Waals surface area contributed by atoms with E-state index in [0.29, 0.717) is 35.8 Å². The average Bonchev–Trinajstić information content (AvgIpc) is 2.95. The van der Waals surface area contributed by atoms with Gasteiger partial charge in [0, 0.05) is 67.9 Å². The molecule has 2 atom stereocenters. The van der Waals surface area contributed by atoms with Crippen molar-refractivity contribution in [2.45, 2.75) is 58.4 Å². The third kappa shape index (κ3) is 12.0. The van der Waals surface area contributed by atoms with Gasteiger partial charge in [0.05, 0.1) is 18.4 Å². The van der Waals surface area contributed by atoms with Crippen molar-refractivity contribution in [3.05, 3.63) is 69.7 Å². The van der Waals surface area contributed by atoms with Gasteiger partial charge in [-0.05, 0) is 48.2 Å². The number of Topliss-reactive ketones (excluding diaryl/α,β-unsaturated/α-hetero) is 2. The number of hydrogen-bond acceptors (Lipinski definition) is 6. The van der Waals surface area contributed by atoms with Gasteiger partial charge in [-0.15, -0.1) is 0 Å². The minimum atomic E-state index is -0.130. The number of carbonyl (C=O) groups is 2. The molecular weight excluding hydrogens is 547 g/mol. The Balaban J connectivity index is 0.000000282. The van der Waals surface area contributed by atoms with Crippen molar-refractivity contribution in [1.82, 2.24) is 10.6 Å². The van der Waals surface area contributed by atoms with Crippen LogP contribution >= 0.6 is 23.2 Å². The lowest BCUT2D eigenvalue weighted by atomic mass is 9.88. The molecule has 3 rings (SSSR count). The standard InChI is InChI=1S/C17H24ClNO2.C15H22ClNO2/c1-12(2)17(20)16(13-3-5-14(18)6-4-13)11-19-15-7-9-21-10-8-15;1-11(2)15(18)14(10-17-8-9-19-3)12-4-6-13(16)7-5-12/h3-6,12,15-16,19H,7-11H2,1-2H3;4-7,11,14,17H,8-10H2,1-3H3/t16-;14-/m11/s1. The van der Waals surface area contributed by atoms with Crippen LogP contribution < -0.4 is 10.6 Å². The van der Waals surface area contributed by atoms with Crippen LogP contribution in [0.25, 0.3) is 0 Å². The van der Waals surface area contributed by atoms with Crippen LogP contribution in [-0.2, 0) is 19.1 Å². The molecule has 1 fully saturated rings. The van der Waals surface area contributed by atoms with E-state index in [9.17, 15) is 9.59 Å². The van der Waals surface area contributed by atoms with E-state index in [2.05, 4.69) is 10.6 Å². The SMILES string of the molecule is CC(C)C(=O)[C@H](CNC1CCOCC1)c1ccc(Cl)cc1.COCCNC[C@@H](C(=O)C(C)C)c1ccc(Cl)cc1. The zero-order valence-electron chi connectivity index (χ0n) is 24.6. The van der Waals surface area contributed by atoms with Gasteiger partial charge in [-0.25, -0.2) is 0 Å². The Bertz CT molecular complexity index is 1010. The first kappa shape index (κ1) is 34.4. The van der Waals surface area contributed by atoms with Gasteiger partial charge in [-0.2, -0.15) is 0 Å². The Hall–Kier alpha value is -1.80. The third-order valence-electron chi connectivity index (χ3n) is 7.03. The number of rotatable bonds is 14. The van der Waals surface area contributed by atoms with Gasteiger partial charge >= 0.3 is 0 Å². The predicted molar refractivity (Wildman–Crippen MR) is 165 cm³/mol. The summed E-state index contributed by atoms with van der Waals surface area (Å²) in [5.74, 6) is 0.329. The second kappa shape index (κ2) is 18.6. The molecule has 1 aliphatic rings. The smallest absolute Gasteiger partial charge is 0.144 e. The normalized spacial score (nSPS) is 15.4. The molecule has 1 heterocycles. The summed E-state index contributed by atoms with van der Waals surface area (Å²) in [5.41, 5.74) is 2.05. The van der Waals surface area contributed by atoms with E-state index in [-0.39, 0.29) is 35.2 Å². The van der Waals surface area contributed by atoms with E-state index >= 15 is 0 Å². The maximum Gasteiger partial charge on any atom is 0.144 e. The Morgan fingerprint density at radius 2 is 1.27 bits per heavy atom. The Labute approximate surface area is 250 Å². The van der Waals surface area contributed by atoms with Crippen LogP contribution in [0.5, 0.6) is 0 Å². The molecular formula is C32H46Cl2N2O4. The van der Waals surface area contributed by atoms with Gasteiger partial charge in [0.25, 0.3) is 0 Å². The van der Waals surface area contributed by atoms with Crippen molar-refractivity contribution in [2.75, 3.05) is 46.6 Å². The summed E-state index contributed by atoms with van der Waals surface area (Å²) in [7, 11) is 1.66. The monoisotopic (exact) mass is 592 g/mol. The lowest BCUT2D eigenvalue weighted by Crippen LogP contribution is -2.39. The maximum absolute atomic E-state index is 12.5. The minimum Gasteiger partial charge on any atom is -0.383 e. The fraction of sp³-hybridized carbons (Fsp3) is 0.562. The fourth-order valence-electron chi connectivity index (χ4n) is 4.57. The first-order valence-electron chi connectivity index (χ1n) is 14.2. The van der Waals surface area contributed by atoms with E-state index in [1.807, 2.05) is 76.2 Å². The average molecular weight is 594 g/mol. The molecule has 0 unspecified atom stereocenters. The molecule has 8 heteroatoms. The van der Waals surface area contributed by atoms with Gasteiger partial charge in [0.2, 0.25) is 0 Å². The molecule has 0 aliphatic carbocycles. The second-order valence-corrected chi connectivity index (χ2v) is 11.7. The number of ketones is 2. The summed E-state index contributed by atoms with van der Waals surface area (Å²) in [4.78, 5) is 24.8. The van der Waals surface area contributed by atoms with E-state index in [0.717, 1.165) is 43.7 Å². The summed E-state index contributed by atoms with van der Waals surface area (Å²) in [6.07, 6.45) is 2.03. The molecule has 0 saturated carbocycles. The molecule has 40 heavy (non-hydrogen) atoms. The van der Waals surface area contributed by atoms with Gasteiger partial charge in [-0.3, -0.25) is 9.59 Å². The molecule has 6 nitrogen and oxygen atoms in total. The van der Waals surface area contributed by atoms with E-state index < -0.39 is 0 Å². The maximum atomic E-state index is 12.5. The van der Waals surface area contributed by atoms with Crippen LogP contribution in [0.2, 0.25) is 10.0 Å². The molecule has 0 radical (unpaired) electrons. The zero-order chi connectivity index (χ0) is 29.5. The lowest BCUT2D eigenvalue weighted by Gasteiger charge is -2.26. The molecule has 1 aliphatic heterocycles. The lowest BCUT2D eigenvalue weighted by molar-refractivity contribution is -0.124. The first-order valence-corrected chi connectivity index (χ1v) is 15.0. The van der Waals surface area contributed by atoms with E-state index in [4.69, 9.17) is 32.7 Å². The van der Waals surface area contributed by atoms with Crippen LogP contribution in [-0.4, -0.2) is 64.2 Å². The summed E-state index contributed by atoms with van der Waals surface area (Å²) < 4.78 is 10.4. The van der Waals surface area contributed by atoms with Crippen LogP contribution in [0.4, 0.5) is 0 Å². The third-order valence-corrected chi connectivity index (χ3v) is 7.54. The van der Waals surface area contributed by atoms with Crippen LogP contribution in [0.1, 0.15) is 63.5 Å². The van der Waals surface area contributed by atoms with Crippen molar-refractivity contribution in [2.24, 2.45) is 11.8 Å². The van der Waals surface area contributed by atoms with Crippen molar-refractivity contribution in [3.63, 3.8) is 0 Å². The van der Waals surface area contributed by atoms with Gasteiger partial charge in [0.15, 0.2) is 0 Å². The summed E-state index contributed by atoms with van der Waals surface area (Å²) >= 11 is 11.8. The molecule has 0 aromatic heterocycles. The van der Waals surface area contributed by atoms with Crippen molar-refractivity contribution in [1.29, 1.82) is 0 Å². The highest BCUT2D eigenvalue weighted by atomic mass is 35.5. The largest absolute Gasteiger partial charge is 0.383 e. The Morgan fingerprint density at radius 3 is 1.70 bits per heavy atom. The van der Waals surface area contributed by atoms with Crippen molar-refractivity contribution < 1.29 is 19.1 Å². The van der Waals surface area contributed by atoms with E-state index in [1.54, 1.807) is 7.11 Å². The number of carbonyl (C=O) groups excluding carboxylic acids is 2. The summed E-state index contributed by atoms with van der Waals surface area (Å²) in [5, 5.41) is 8.18. The topological polar surface area (TPSA) is 76.7 Å². The minimum absolute atomic E-state index is 0.0184. The number of hydrogen-bond donors (Lipinski definition) is 2. The number of methoxy groups -OCH3 is 1. The fourth-order valence-corrected chi connectivity index (χ4v) is 4.82. The predicted octanol–water partition coefficient (Wildman–Crippen LogP) is 6.30. The molecule has 0 amide bonds. The first-order chi connectivity index (χ1) is 19.1. The zero-order valence-corrected chi connectivity index (χ0v) is 26.1. The van der Waals surface area contributed by atoms with Crippen LogP contribution in [0, 0.1) is 11.8 Å². The summed E-state index contributed by atoms with van der Waals surface area (Å²) in [6, 6.07) is 15.6. The van der Waals surface area contributed by atoms with E-state index in [1.165, 1.54) is 0 Å². The molecule has 2 aromatic carbocycles. The number of benzene rings is 2. The molecule has 222 valence electrons. The number of halogens is 2. The van der Waals surface area contributed by atoms with Crippen molar-refractivity contribution in [3.8, 4) is 0 Å². The van der Waals surface area contributed by atoms with Gasteiger partial charge in [-0.1, -0.05) is 75.2 Å². The summed E-state index contributed by atoms with van der Waals surface area (Å²) in [6.45, 7) is 12.1. The van der Waals surface area contributed by atoms with Crippen LogP contribution in [0.15, 0.2) is 48.5 Å². The Kier molecular flexibility index (Phi) is 16.0. The highest BCUT2D eigenvalue weighted by Gasteiger charge is 2.25. The highest BCUT2D eigenvalue weighted by molar-refractivity contribution is 6.30. The van der Waals surface area contributed by atoms with Gasteiger partial charge < -0.3 is 20.1 Å². The number of nitrogens with one attached hydrogen (secondary N) is 2. The van der Waals surface area contributed by atoms with Crippen LogP contribution in [0.3, 0.4) is 0 Å². The molecule has 0 bridgehead atoms. The van der Waals surface area contributed by atoms with Crippen molar-refractivity contribution >= 4 is 34.8 Å². The molecule has 2 N–H and O–H groups in total. The number of ether oxygens (including phenoxy) is 2. The molecule has 0 spiro atoms. The van der Waals surface area contributed by atoms with Gasteiger partial charge in [0.1, 0.15) is 11.6 Å². The second-order valence-electron chi connectivity index (χ2n) is 10.8. The molecule has 2 aromatic rings. The Morgan fingerprint density at radius 1 is 0.825 bits per heavy atom. The molecule has 1 saturated heterocycles. The highest BCUT2D eigenvalue weighted by Crippen LogP contribution is 2.23. The quantitative estimate of drug-likeness (QED) is 0.251.